The lowest BCUT2D eigenvalue weighted by atomic mass is 9.99. The van der Waals surface area contributed by atoms with Crippen molar-refractivity contribution in [3.05, 3.63) is 35.9 Å². The molecule has 2 rings (SSSR count). The Morgan fingerprint density at radius 1 is 1.31 bits per heavy atom. The summed E-state index contributed by atoms with van der Waals surface area (Å²) in [6, 6.07) is 10.3. The Hall–Kier alpha value is -1.51. The number of hydrogen-bond donors (Lipinski definition) is 1. The summed E-state index contributed by atoms with van der Waals surface area (Å²) in [5.41, 5.74) is 1.24. The van der Waals surface area contributed by atoms with Gasteiger partial charge < -0.3 is 10.1 Å². The topological polar surface area (TPSA) is 38.3 Å². The van der Waals surface area contributed by atoms with Gasteiger partial charge in [0, 0.05) is 0 Å². The summed E-state index contributed by atoms with van der Waals surface area (Å²) in [6.45, 7) is 2.10. The molecule has 0 radical (unpaired) electrons. The maximum Gasteiger partial charge on any atom is 0.407 e. The molecule has 1 amide bonds. The van der Waals surface area contributed by atoms with Crippen LogP contribution in [0.5, 0.6) is 0 Å². The van der Waals surface area contributed by atoms with Gasteiger partial charge in [-0.25, -0.2) is 4.79 Å². The van der Waals surface area contributed by atoms with Crippen LogP contribution >= 0.6 is 0 Å². The van der Waals surface area contributed by atoms with E-state index in [-0.39, 0.29) is 18.2 Å². The van der Waals surface area contributed by atoms with E-state index in [9.17, 15) is 4.79 Å². The van der Waals surface area contributed by atoms with Crippen LogP contribution in [0.2, 0.25) is 0 Å². The molecule has 1 aliphatic rings. The van der Waals surface area contributed by atoms with Crippen LogP contribution in [0.15, 0.2) is 30.3 Å². The van der Waals surface area contributed by atoms with Gasteiger partial charge in [0.1, 0.15) is 6.10 Å². The summed E-state index contributed by atoms with van der Waals surface area (Å²) in [5.74, 6) is 0. The quantitative estimate of drug-likeness (QED) is 0.845. The SMILES string of the molecule is CCC[C@H]1OC(=O)N[C@H]1Cc1ccccc1. The first-order chi connectivity index (χ1) is 7.79. The van der Waals surface area contributed by atoms with E-state index in [4.69, 9.17) is 4.74 Å². The van der Waals surface area contributed by atoms with E-state index in [2.05, 4.69) is 24.4 Å². The van der Waals surface area contributed by atoms with Crippen molar-refractivity contribution in [1.82, 2.24) is 5.32 Å². The van der Waals surface area contributed by atoms with Gasteiger partial charge in [-0.15, -0.1) is 0 Å². The Morgan fingerprint density at radius 3 is 2.75 bits per heavy atom. The minimum absolute atomic E-state index is 0.0257. The van der Waals surface area contributed by atoms with Crippen molar-refractivity contribution < 1.29 is 9.53 Å². The lowest BCUT2D eigenvalue weighted by Gasteiger charge is -2.15. The van der Waals surface area contributed by atoms with Gasteiger partial charge in [-0.3, -0.25) is 0 Å². The number of carbonyl (C=O) groups is 1. The van der Waals surface area contributed by atoms with Crippen molar-refractivity contribution in [3.63, 3.8) is 0 Å². The maximum atomic E-state index is 11.2. The van der Waals surface area contributed by atoms with E-state index >= 15 is 0 Å². The highest BCUT2D eigenvalue weighted by Crippen LogP contribution is 2.18. The summed E-state index contributed by atoms with van der Waals surface area (Å²) >= 11 is 0. The third-order valence-electron chi connectivity index (χ3n) is 2.88. The van der Waals surface area contributed by atoms with Crippen LogP contribution in [0.25, 0.3) is 0 Å². The molecule has 1 aromatic rings. The van der Waals surface area contributed by atoms with Crippen LogP contribution in [0, 0.1) is 0 Å². The first-order valence-electron chi connectivity index (χ1n) is 5.80. The molecule has 86 valence electrons. The van der Waals surface area contributed by atoms with Crippen molar-refractivity contribution in [3.8, 4) is 0 Å². The summed E-state index contributed by atoms with van der Waals surface area (Å²) in [7, 11) is 0. The van der Waals surface area contributed by atoms with E-state index in [0.717, 1.165) is 19.3 Å². The number of amides is 1. The first-order valence-corrected chi connectivity index (χ1v) is 5.80. The highest BCUT2D eigenvalue weighted by Gasteiger charge is 2.32. The lowest BCUT2D eigenvalue weighted by Crippen LogP contribution is -2.33. The molecule has 2 atom stereocenters. The van der Waals surface area contributed by atoms with Crippen molar-refractivity contribution in [2.24, 2.45) is 0 Å². The molecule has 1 N–H and O–H groups in total. The molecule has 0 aromatic heterocycles. The van der Waals surface area contributed by atoms with Crippen molar-refractivity contribution >= 4 is 6.09 Å². The Balaban J connectivity index is 2.00. The molecular weight excluding hydrogens is 202 g/mol. The second-order valence-electron chi connectivity index (χ2n) is 4.17. The molecule has 1 aromatic carbocycles. The zero-order chi connectivity index (χ0) is 11.4. The Labute approximate surface area is 95.8 Å². The number of ether oxygens (including phenoxy) is 1. The summed E-state index contributed by atoms with van der Waals surface area (Å²) < 4.78 is 5.24. The third kappa shape index (κ3) is 2.54. The zero-order valence-corrected chi connectivity index (χ0v) is 9.48. The van der Waals surface area contributed by atoms with E-state index in [1.165, 1.54) is 5.56 Å². The minimum Gasteiger partial charge on any atom is -0.444 e. The Bertz CT molecular complexity index is 350. The molecule has 1 heterocycles. The molecule has 1 aliphatic heterocycles. The number of benzene rings is 1. The molecule has 16 heavy (non-hydrogen) atoms. The van der Waals surface area contributed by atoms with Crippen LogP contribution in [-0.2, 0) is 11.2 Å². The molecule has 0 unspecified atom stereocenters. The molecule has 3 nitrogen and oxygen atoms in total. The van der Waals surface area contributed by atoms with Crippen molar-refractivity contribution in [2.45, 2.75) is 38.3 Å². The number of alkyl carbamates (subject to hydrolysis) is 1. The minimum atomic E-state index is -0.278. The fourth-order valence-corrected chi connectivity index (χ4v) is 2.09. The smallest absolute Gasteiger partial charge is 0.407 e. The van der Waals surface area contributed by atoms with Crippen LogP contribution in [0.4, 0.5) is 4.79 Å². The molecular formula is C13H17NO2. The summed E-state index contributed by atoms with van der Waals surface area (Å²) in [5, 5.41) is 2.88. The highest BCUT2D eigenvalue weighted by atomic mass is 16.6. The van der Waals surface area contributed by atoms with Gasteiger partial charge in [0.2, 0.25) is 0 Å². The van der Waals surface area contributed by atoms with E-state index in [0.29, 0.717) is 0 Å². The number of cyclic esters (lactones) is 1. The first kappa shape index (κ1) is 11.0. The van der Waals surface area contributed by atoms with Crippen molar-refractivity contribution in [1.29, 1.82) is 0 Å². The van der Waals surface area contributed by atoms with Crippen molar-refractivity contribution in [2.75, 3.05) is 0 Å². The Morgan fingerprint density at radius 2 is 2.06 bits per heavy atom. The molecule has 1 saturated heterocycles. The van der Waals surface area contributed by atoms with Gasteiger partial charge in [-0.1, -0.05) is 43.7 Å². The monoisotopic (exact) mass is 219 g/mol. The van der Waals surface area contributed by atoms with Gasteiger partial charge in [0.15, 0.2) is 0 Å². The van der Waals surface area contributed by atoms with Gasteiger partial charge in [-0.2, -0.15) is 0 Å². The fraction of sp³-hybridized carbons (Fsp3) is 0.462. The van der Waals surface area contributed by atoms with Crippen LogP contribution in [0.3, 0.4) is 0 Å². The zero-order valence-electron chi connectivity index (χ0n) is 9.48. The third-order valence-corrected chi connectivity index (χ3v) is 2.88. The van der Waals surface area contributed by atoms with E-state index < -0.39 is 0 Å². The predicted octanol–water partition coefficient (Wildman–Crippen LogP) is 2.51. The Kier molecular flexibility index (Phi) is 3.44. The van der Waals surface area contributed by atoms with Crippen LogP contribution < -0.4 is 5.32 Å². The van der Waals surface area contributed by atoms with E-state index in [1.54, 1.807) is 0 Å². The lowest BCUT2D eigenvalue weighted by molar-refractivity contribution is 0.125. The van der Waals surface area contributed by atoms with Gasteiger partial charge in [0.05, 0.1) is 6.04 Å². The van der Waals surface area contributed by atoms with E-state index in [1.807, 2.05) is 18.2 Å². The molecule has 0 spiro atoms. The molecule has 0 aliphatic carbocycles. The van der Waals surface area contributed by atoms with Gasteiger partial charge in [0.25, 0.3) is 0 Å². The molecule has 0 saturated carbocycles. The highest BCUT2D eigenvalue weighted by molar-refractivity contribution is 5.70. The van der Waals surface area contributed by atoms with Gasteiger partial charge in [-0.05, 0) is 18.4 Å². The van der Waals surface area contributed by atoms with Gasteiger partial charge >= 0.3 is 6.09 Å². The predicted molar refractivity (Wildman–Crippen MR) is 62.2 cm³/mol. The number of hydrogen-bond acceptors (Lipinski definition) is 2. The average molecular weight is 219 g/mol. The molecule has 3 heteroatoms. The number of carbonyl (C=O) groups excluding carboxylic acids is 1. The summed E-state index contributed by atoms with van der Waals surface area (Å²) in [4.78, 5) is 11.2. The molecule has 0 bridgehead atoms. The van der Waals surface area contributed by atoms with Crippen LogP contribution in [-0.4, -0.2) is 18.2 Å². The molecule has 1 fully saturated rings. The normalized spacial score (nSPS) is 23.9. The number of nitrogens with one attached hydrogen (secondary N) is 1. The fourth-order valence-electron chi connectivity index (χ4n) is 2.09. The average Bonchev–Trinajstić information content (AvgIpc) is 2.61. The van der Waals surface area contributed by atoms with Crippen LogP contribution in [0.1, 0.15) is 25.3 Å². The standard InChI is InChI=1S/C13H17NO2/c1-2-6-12-11(14-13(15)16-12)9-10-7-4-3-5-8-10/h3-5,7-8,11-12H,2,6,9H2,1H3,(H,14,15)/t11-,12+/m0/s1. The summed E-state index contributed by atoms with van der Waals surface area (Å²) in [6.07, 6.45) is 2.55. The largest absolute Gasteiger partial charge is 0.444 e. The maximum absolute atomic E-state index is 11.2. The number of rotatable bonds is 4. The second kappa shape index (κ2) is 5.01. The second-order valence-corrected chi connectivity index (χ2v) is 4.17.